The lowest BCUT2D eigenvalue weighted by atomic mass is 10.2. The molecule has 176 valence electrons. The van der Waals surface area contributed by atoms with Crippen LogP contribution in [0.4, 0.5) is 5.69 Å². The Kier molecular flexibility index (Phi) is 7.87. The molecular weight excluding hydrogens is 503 g/mol. The van der Waals surface area contributed by atoms with Crippen molar-refractivity contribution in [2.45, 2.75) is 13.5 Å². The predicted octanol–water partition coefficient (Wildman–Crippen LogP) is 4.58. The summed E-state index contributed by atoms with van der Waals surface area (Å²) in [6.45, 7) is 1.85. The molecule has 1 aromatic heterocycles. The molecule has 1 amide bonds. The van der Waals surface area contributed by atoms with Crippen LogP contribution in [-0.4, -0.2) is 28.8 Å². The number of nitro benzene ring substituents is 1. The molecule has 34 heavy (non-hydrogen) atoms. The number of hydrogen-bond acceptors (Lipinski definition) is 6. The van der Waals surface area contributed by atoms with E-state index >= 15 is 0 Å². The Morgan fingerprint density at radius 2 is 1.88 bits per heavy atom. The van der Waals surface area contributed by atoms with Crippen LogP contribution >= 0.6 is 23.2 Å². The van der Waals surface area contributed by atoms with Crippen LogP contribution in [-0.2, 0) is 21.4 Å². The van der Waals surface area contributed by atoms with Gasteiger partial charge in [0.2, 0.25) is 0 Å². The van der Waals surface area contributed by atoms with Crippen LogP contribution in [0.5, 0.6) is 0 Å². The van der Waals surface area contributed by atoms with Crippen LogP contribution in [0.3, 0.4) is 0 Å². The molecule has 0 aliphatic rings. The Morgan fingerprint density at radius 3 is 2.53 bits per heavy atom. The Balaban J connectivity index is 1.77. The zero-order valence-electron chi connectivity index (χ0n) is 17.7. The molecule has 1 N–H and O–H groups in total. The fourth-order valence-electron chi connectivity index (χ4n) is 2.95. The molecule has 0 fully saturated rings. The van der Waals surface area contributed by atoms with Gasteiger partial charge in [-0.2, -0.15) is 0 Å². The summed E-state index contributed by atoms with van der Waals surface area (Å²) in [6.07, 6.45) is 3.71. The molecule has 3 aromatic rings. The first-order chi connectivity index (χ1) is 16.1. The normalized spacial score (nSPS) is 11.9. The van der Waals surface area contributed by atoms with Crippen LogP contribution in [0.25, 0.3) is 12.2 Å². The number of nitrogens with zero attached hydrogens (tertiary/aromatic N) is 3. The zero-order chi connectivity index (χ0) is 24.9. The first-order valence-corrected chi connectivity index (χ1v) is 12.0. The third-order valence-corrected chi connectivity index (χ3v) is 6.21. The number of aromatic nitrogens is 2. The second kappa shape index (κ2) is 10.6. The Morgan fingerprint density at radius 1 is 1.18 bits per heavy atom. The Hall–Kier alpha value is -3.47. The van der Waals surface area contributed by atoms with E-state index in [1.165, 1.54) is 30.4 Å². The van der Waals surface area contributed by atoms with Crippen LogP contribution < -0.4 is 4.72 Å². The van der Waals surface area contributed by atoms with Gasteiger partial charge in [0, 0.05) is 18.2 Å². The number of sulfonamides is 1. The number of carbonyl (C=O) groups excluding carboxylic acids is 1. The molecule has 0 spiro atoms. The summed E-state index contributed by atoms with van der Waals surface area (Å²) in [6, 6.07) is 12.8. The molecule has 12 heteroatoms. The maximum Gasteiger partial charge on any atom is 0.270 e. The highest BCUT2D eigenvalue weighted by Crippen LogP contribution is 2.26. The number of aryl methyl sites for hydroxylation is 1. The molecule has 0 saturated heterocycles. The van der Waals surface area contributed by atoms with Gasteiger partial charge in [-0.25, -0.2) is 18.1 Å². The number of non-ortho nitro benzene ring substituents is 1. The number of hydrogen-bond donors (Lipinski definition) is 1. The topological polar surface area (TPSA) is 124 Å². The lowest BCUT2D eigenvalue weighted by molar-refractivity contribution is -0.384. The van der Waals surface area contributed by atoms with E-state index in [2.05, 4.69) is 4.98 Å². The molecule has 0 radical (unpaired) electrons. The summed E-state index contributed by atoms with van der Waals surface area (Å²) in [7, 11) is -4.02. The van der Waals surface area contributed by atoms with E-state index in [0.29, 0.717) is 22.6 Å². The van der Waals surface area contributed by atoms with Crippen molar-refractivity contribution in [1.29, 1.82) is 0 Å². The van der Waals surface area contributed by atoms with E-state index in [9.17, 15) is 23.3 Å². The van der Waals surface area contributed by atoms with E-state index < -0.39 is 20.9 Å². The molecule has 2 aromatic carbocycles. The predicted molar refractivity (Wildman–Crippen MR) is 131 cm³/mol. The lowest BCUT2D eigenvalue weighted by Gasteiger charge is -2.10. The van der Waals surface area contributed by atoms with Crippen molar-refractivity contribution in [3.05, 3.63) is 103 Å². The molecule has 9 nitrogen and oxygen atoms in total. The first kappa shape index (κ1) is 25.2. The lowest BCUT2D eigenvalue weighted by Crippen LogP contribution is -2.26. The summed E-state index contributed by atoms with van der Waals surface area (Å²) >= 11 is 12.4. The number of benzene rings is 2. The monoisotopic (exact) mass is 520 g/mol. The van der Waals surface area contributed by atoms with Crippen LogP contribution in [0.2, 0.25) is 10.2 Å². The van der Waals surface area contributed by atoms with Crippen molar-refractivity contribution in [2.24, 2.45) is 0 Å². The second-order valence-electron chi connectivity index (χ2n) is 7.01. The van der Waals surface area contributed by atoms with Gasteiger partial charge >= 0.3 is 0 Å². The van der Waals surface area contributed by atoms with Gasteiger partial charge in [-0.05, 0) is 36.3 Å². The van der Waals surface area contributed by atoms with Crippen molar-refractivity contribution < 1.29 is 18.1 Å². The third-order valence-electron chi connectivity index (χ3n) is 4.60. The standard InChI is InChI=1S/C22H18Cl2N4O5S/c1-15-25-22(24)20(27(15)14-17-7-8-18(28(30)31)13-19(17)23)9-10-21(29)26-34(32,33)12-11-16-5-3-2-4-6-16/h2-13H,14H2,1H3,(H,26,29)/b10-9+,12-11+. The SMILES string of the molecule is Cc1nc(Cl)c(/C=C/C(=O)NS(=O)(=O)/C=C/c2ccccc2)n1Cc1ccc([N+](=O)[O-])cc1Cl. The number of halogens is 2. The van der Waals surface area contributed by atoms with Crippen LogP contribution in [0, 0.1) is 17.0 Å². The third kappa shape index (κ3) is 6.53. The van der Waals surface area contributed by atoms with Crippen molar-refractivity contribution in [3.63, 3.8) is 0 Å². The second-order valence-corrected chi connectivity index (χ2v) is 9.34. The number of amides is 1. The summed E-state index contributed by atoms with van der Waals surface area (Å²) in [4.78, 5) is 26.7. The molecule has 1 heterocycles. The van der Waals surface area contributed by atoms with Gasteiger partial charge in [-0.3, -0.25) is 14.9 Å². The number of rotatable bonds is 8. The largest absolute Gasteiger partial charge is 0.323 e. The van der Waals surface area contributed by atoms with Crippen molar-refractivity contribution in [1.82, 2.24) is 14.3 Å². The highest BCUT2D eigenvalue weighted by molar-refractivity contribution is 7.93. The van der Waals surface area contributed by atoms with Gasteiger partial charge in [0.25, 0.3) is 21.6 Å². The number of carbonyl (C=O) groups is 1. The van der Waals surface area contributed by atoms with Gasteiger partial charge < -0.3 is 4.57 Å². The molecule has 0 unspecified atom stereocenters. The van der Waals surface area contributed by atoms with E-state index in [1.54, 1.807) is 41.8 Å². The Labute approximate surface area is 205 Å². The van der Waals surface area contributed by atoms with Gasteiger partial charge in [0.15, 0.2) is 5.15 Å². The zero-order valence-corrected chi connectivity index (χ0v) is 20.0. The summed E-state index contributed by atoms with van der Waals surface area (Å²) in [5, 5.41) is 12.1. The molecule has 0 saturated carbocycles. The van der Waals surface area contributed by atoms with Crippen LogP contribution in [0.1, 0.15) is 22.6 Å². The van der Waals surface area contributed by atoms with Crippen molar-refractivity contribution in [2.75, 3.05) is 0 Å². The molecule has 0 aliphatic heterocycles. The summed E-state index contributed by atoms with van der Waals surface area (Å²) in [5.74, 6) is -0.384. The number of nitrogens with one attached hydrogen (secondary N) is 1. The highest BCUT2D eigenvalue weighted by atomic mass is 35.5. The molecule has 3 rings (SSSR count). The number of nitro groups is 1. The fourth-order valence-corrected chi connectivity index (χ4v) is 4.22. The van der Waals surface area contributed by atoms with Gasteiger partial charge in [0.1, 0.15) is 5.82 Å². The van der Waals surface area contributed by atoms with Gasteiger partial charge in [0.05, 0.1) is 27.6 Å². The van der Waals surface area contributed by atoms with Crippen molar-refractivity contribution >= 4 is 57.0 Å². The van der Waals surface area contributed by atoms with Gasteiger partial charge in [-0.15, -0.1) is 0 Å². The molecular formula is C22H18Cl2N4O5S. The smallest absolute Gasteiger partial charge is 0.270 e. The minimum atomic E-state index is -4.02. The average molecular weight is 521 g/mol. The quantitative estimate of drug-likeness (QED) is 0.263. The van der Waals surface area contributed by atoms with E-state index in [-0.39, 0.29) is 22.4 Å². The van der Waals surface area contributed by atoms with Crippen molar-refractivity contribution in [3.8, 4) is 0 Å². The van der Waals surface area contributed by atoms with E-state index in [0.717, 1.165) is 11.5 Å². The summed E-state index contributed by atoms with van der Waals surface area (Å²) < 4.78 is 27.9. The van der Waals surface area contributed by atoms with Crippen LogP contribution in [0.15, 0.2) is 60.0 Å². The molecule has 0 atom stereocenters. The van der Waals surface area contributed by atoms with E-state index in [4.69, 9.17) is 23.2 Å². The maximum atomic E-state index is 12.2. The fraction of sp³-hybridized carbons (Fsp3) is 0.0909. The number of imidazole rings is 1. The van der Waals surface area contributed by atoms with E-state index in [1.807, 2.05) is 4.72 Å². The molecule has 0 aliphatic carbocycles. The Bertz CT molecular complexity index is 1400. The average Bonchev–Trinajstić information content (AvgIpc) is 3.04. The minimum Gasteiger partial charge on any atom is -0.323 e. The maximum absolute atomic E-state index is 12.2. The first-order valence-electron chi connectivity index (χ1n) is 9.69. The minimum absolute atomic E-state index is 0.0893. The highest BCUT2D eigenvalue weighted by Gasteiger charge is 2.16. The summed E-state index contributed by atoms with van der Waals surface area (Å²) in [5.41, 5.74) is 1.42. The van der Waals surface area contributed by atoms with Gasteiger partial charge in [-0.1, -0.05) is 53.5 Å². The molecule has 0 bridgehead atoms.